The highest BCUT2D eigenvalue weighted by Crippen LogP contribution is 2.48. The maximum atomic E-state index is 14.2. The van der Waals surface area contributed by atoms with Gasteiger partial charge in [-0.25, -0.2) is 4.98 Å². The summed E-state index contributed by atoms with van der Waals surface area (Å²) in [6.45, 7) is 0.279. The molecular weight excluding hydrogens is 644 g/mol. The van der Waals surface area contributed by atoms with E-state index in [1.165, 1.54) is 32.7 Å². The molecular formula is C26H22Br2N2O5S2. The molecule has 0 fully saturated rings. The van der Waals surface area contributed by atoms with Crippen LogP contribution in [0.5, 0.6) is 17.2 Å². The summed E-state index contributed by atoms with van der Waals surface area (Å²) in [6.07, 6.45) is 1.10. The molecule has 2 heterocycles. The Morgan fingerprint density at radius 1 is 1.08 bits per heavy atom. The van der Waals surface area contributed by atoms with Gasteiger partial charge in [-0.05, 0) is 30.0 Å². The molecule has 2 aromatic carbocycles. The number of hydrogen-bond acceptors (Lipinski definition) is 8. The third-order valence-corrected chi connectivity index (χ3v) is 9.45. The van der Waals surface area contributed by atoms with Crippen LogP contribution in [0.25, 0.3) is 21.6 Å². The minimum absolute atomic E-state index is 0.102. The van der Waals surface area contributed by atoms with E-state index in [0.717, 1.165) is 11.1 Å². The van der Waals surface area contributed by atoms with E-state index in [2.05, 4.69) is 31.9 Å². The molecule has 7 nitrogen and oxygen atoms in total. The van der Waals surface area contributed by atoms with Crippen molar-refractivity contribution in [3.8, 4) is 28.6 Å². The Morgan fingerprint density at radius 3 is 2.43 bits per heavy atom. The SMILES string of the molecule is COc1cc(-c2nc3sc4c(c3c(=O)n2Cc2ccccc2)CCC(Br)(Br)C4=O)c(S)c(OC)c1OC. The standard InChI is InChI=1S/C26H22Br2N2O5S2/c1-33-16-11-15(20(36)19(35-3)18(16)34-2)23-29-24-17(14-9-10-26(27,28)22(31)21(14)37-24)25(32)30(23)12-13-7-5-4-6-8-13/h4-8,11,36H,9-10,12H2,1-3H3. The zero-order valence-electron chi connectivity index (χ0n) is 20.1. The van der Waals surface area contributed by atoms with Crippen LogP contribution in [0.2, 0.25) is 0 Å². The van der Waals surface area contributed by atoms with E-state index in [1.807, 2.05) is 30.3 Å². The average Bonchev–Trinajstić information content (AvgIpc) is 3.27. The lowest BCUT2D eigenvalue weighted by atomic mass is 9.96. The van der Waals surface area contributed by atoms with Crippen molar-refractivity contribution >= 4 is 71.8 Å². The van der Waals surface area contributed by atoms with Crippen LogP contribution in [0.1, 0.15) is 27.2 Å². The molecule has 0 atom stereocenters. The maximum absolute atomic E-state index is 14.2. The Kier molecular flexibility index (Phi) is 7.16. The summed E-state index contributed by atoms with van der Waals surface area (Å²) in [5.41, 5.74) is 2.01. The summed E-state index contributed by atoms with van der Waals surface area (Å²) < 4.78 is 17.5. The van der Waals surface area contributed by atoms with Crippen LogP contribution in [0.15, 0.2) is 46.1 Å². The molecule has 0 amide bonds. The molecule has 5 rings (SSSR count). The second-order valence-corrected chi connectivity index (χ2v) is 13.7. The quantitative estimate of drug-likeness (QED) is 0.198. The van der Waals surface area contributed by atoms with Crippen molar-refractivity contribution in [2.24, 2.45) is 0 Å². The van der Waals surface area contributed by atoms with Gasteiger partial charge in [-0.1, -0.05) is 62.2 Å². The Balaban J connectivity index is 1.85. The first kappa shape index (κ1) is 26.3. The lowest BCUT2D eigenvalue weighted by Crippen LogP contribution is -2.30. The molecule has 0 saturated heterocycles. The van der Waals surface area contributed by atoms with Crippen LogP contribution < -0.4 is 19.8 Å². The minimum atomic E-state index is -0.839. The number of hydrogen-bond donors (Lipinski definition) is 1. The van der Waals surface area contributed by atoms with Crippen molar-refractivity contribution in [3.63, 3.8) is 0 Å². The van der Waals surface area contributed by atoms with Crippen LogP contribution in [0.3, 0.4) is 0 Å². The third kappa shape index (κ3) is 4.39. The molecule has 192 valence electrons. The van der Waals surface area contributed by atoms with E-state index >= 15 is 0 Å². The predicted octanol–water partition coefficient (Wildman–Crippen LogP) is 6.10. The fraction of sp³-hybridized carbons (Fsp3) is 0.269. The number of nitrogens with zero attached hydrogens (tertiary/aromatic N) is 2. The number of fused-ring (bicyclic) bond motifs is 3. The molecule has 0 aliphatic heterocycles. The number of methoxy groups -OCH3 is 3. The highest BCUT2D eigenvalue weighted by Gasteiger charge is 2.41. The zero-order valence-corrected chi connectivity index (χ0v) is 25.0. The van der Waals surface area contributed by atoms with Crippen LogP contribution in [0, 0.1) is 0 Å². The fourth-order valence-electron chi connectivity index (χ4n) is 4.55. The molecule has 4 aromatic rings. The summed E-state index contributed by atoms with van der Waals surface area (Å²) in [4.78, 5) is 33.8. The number of aryl methyl sites for hydroxylation is 1. The molecule has 0 saturated carbocycles. The van der Waals surface area contributed by atoms with Crippen LogP contribution in [-0.4, -0.2) is 39.9 Å². The van der Waals surface area contributed by atoms with E-state index in [0.29, 0.717) is 61.5 Å². The van der Waals surface area contributed by atoms with E-state index in [9.17, 15) is 9.59 Å². The highest BCUT2D eigenvalue weighted by molar-refractivity contribution is 9.26. The normalized spacial score (nSPS) is 14.5. The summed E-state index contributed by atoms with van der Waals surface area (Å²) in [6, 6.07) is 11.4. The number of aromatic nitrogens is 2. The molecule has 0 N–H and O–H groups in total. The van der Waals surface area contributed by atoms with Gasteiger partial charge >= 0.3 is 0 Å². The lowest BCUT2D eigenvalue weighted by molar-refractivity contribution is 0.0977. The number of Topliss-reactive ketones (excluding diaryl/α,β-unsaturated/α-hetero) is 1. The molecule has 1 aliphatic carbocycles. The van der Waals surface area contributed by atoms with E-state index < -0.39 is 3.23 Å². The number of thiophene rings is 1. The Hall–Kier alpha value is -2.34. The van der Waals surface area contributed by atoms with Crippen molar-refractivity contribution in [1.82, 2.24) is 9.55 Å². The molecule has 0 radical (unpaired) electrons. The highest BCUT2D eigenvalue weighted by atomic mass is 79.9. The van der Waals surface area contributed by atoms with Crippen molar-refractivity contribution in [1.29, 1.82) is 0 Å². The largest absolute Gasteiger partial charge is 0.493 e. The van der Waals surface area contributed by atoms with Gasteiger partial charge in [0.1, 0.15) is 13.9 Å². The van der Waals surface area contributed by atoms with Crippen molar-refractivity contribution in [2.45, 2.75) is 27.5 Å². The van der Waals surface area contributed by atoms with Gasteiger partial charge < -0.3 is 14.2 Å². The number of alkyl halides is 2. The summed E-state index contributed by atoms with van der Waals surface area (Å²) in [7, 11) is 4.56. The number of thiol groups is 1. The van der Waals surface area contributed by atoms with Crippen molar-refractivity contribution in [2.75, 3.05) is 21.3 Å². The zero-order chi connectivity index (χ0) is 26.5. The van der Waals surface area contributed by atoms with Crippen LogP contribution in [-0.2, 0) is 13.0 Å². The topological polar surface area (TPSA) is 79.7 Å². The van der Waals surface area contributed by atoms with Crippen LogP contribution >= 0.6 is 55.8 Å². The fourth-order valence-corrected chi connectivity index (χ4v) is 7.20. The van der Waals surface area contributed by atoms with E-state index in [1.54, 1.807) is 10.6 Å². The molecule has 0 bridgehead atoms. The van der Waals surface area contributed by atoms with Crippen molar-refractivity contribution in [3.05, 3.63) is 62.8 Å². The molecule has 37 heavy (non-hydrogen) atoms. The third-order valence-electron chi connectivity index (χ3n) is 6.37. The summed E-state index contributed by atoms with van der Waals surface area (Å²) in [5, 5.41) is 0.483. The van der Waals surface area contributed by atoms with E-state index in [4.69, 9.17) is 31.8 Å². The average molecular weight is 666 g/mol. The van der Waals surface area contributed by atoms with Gasteiger partial charge in [0.05, 0.1) is 43.0 Å². The van der Waals surface area contributed by atoms with Gasteiger partial charge in [0, 0.05) is 5.56 Å². The molecule has 1 aliphatic rings. The van der Waals surface area contributed by atoms with Gasteiger partial charge in [-0.2, -0.15) is 0 Å². The van der Waals surface area contributed by atoms with Crippen LogP contribution in [0.4, 0.5) is 0 Å². The van der Waals surface area contributed by atoms with Gasteiger partial charge in [0.15, 0.2) is 17.3 Å². The first-order chi connectivity index (χ1) is 17.7. The lowest BCUT2D eigenvalue weighted by Gasteiger charge is -2.23. The molecule has 0 unspecified atom stereocenters. The molecule has 0 spiro atoms. The van der Waals surface area contributed by atoms with Gasteiger partial charge in [-0.3, -0.25) is 14.2 Å². The molecule has 2 aromatic heterocycles. The Morgan fingerprint density at radius 2 is 1.78 bits per heavy atom. The predicted molar refractivity (Wildman–Crippen MR) is 155 cm³/mol. The smallest absolute Gasteiger partial charge is 0.263 e. The van der Waals surface area contributed by atoms with Gasteiger partial charge in [-0.15, -0.1) is 24.0 Å². The van der Waals surface area contributed by atoms with Gasteiger partial charge in [0.25, 0.3) is 5.56 Å². The minimum Gasteiger partial charge on any atom is -0.493 e. The summed E-state index contributed by atoms with van der Waals surface area (Å²) in [5.74, 6) is 1.46. The number of ketones is 1. The number of benzene rings is 2. The first-order valence-electron chi connectivity index (χ1n) is 11.3. The number of carbonyl (C=O) groups excluding carboxylic acids is 1. The monoisotopic (exact) mass is 664 g/mol. The Labute approximate surface area is 239 Å². The Bertz CT molecular complexity index is 1600. The second-order valence-electron chi connectivity index (χ2n) is 8.48. The first-order valence-corrected chi connectivity index (χ1v) is 14.1. The van der Waals surface area contributed by atoms with E-state index in [-0.39, 0.29) is 17.9 Å². The maximum Gasteiger partial charge on any atom is 0.263 e. The number of carbonyl (C=O) groups is 1. The number of halogens is 2. The second kappa shape index (κ2) is 10.1. The van der Waals surface area contributed by atoms with Gasteiger partial charge in [0.2, 0.25) is 5.75 Å². The number of rotatable bonds is 6. The van der Waals surface area contributed by atoms with Crippen molar-refractivity contribution < 1.29 is 19.0 Å². The molecule has 11 heteroatoms. The summed E-state index contributed by atoms with van der Waals surface area (Å²) >= 11 is 13.0. The number of ether oxygens (including phenoxy) is 3.